The molecule has 1 aromatic heterocycles. The van der Waals surface area contributed by atoms with Gasteiger partial charge in [0.25, 0.3) is 0 Å². The summed E-state index contributed by atoms with van der Waals surface area (Å²) < 4.78 is 0. The van der Waals surface area contributed by atoms with Gasteiger partial charge in [-0.1, -0.05) is 23.4 Å². The number of halogens is 1. The summed E-state index contributed by atoms with van der Waals surface area (Å²) in [6.45, 7) is 0.361. The number of aromatic nitrogens is 1. The number of nitrogens with two attached hydrogens (primary N) is 1. The van der Waals surface area contributed by atoms with Crippen LogP contribution >= 0.6 is 11.6 Å². The van der Waals surface area contributed by atoms with Crippen molar-refractivity contribution < 1.29 is 0 Å². The molecule has 1 heterocycles. The Labute approximate surface area is 70.4 Å². The van der Waals surface area contributed by atoms with Crippen molar-refractivity contribution in [2.75, 3.05) is 6.54 Å². The van der Waals surface area contributed by atoms with E-state index in [0.717, 1.165) is 5.56 Å². The zero-order valence-electron chi connectivity index (χ0n) is 5.84. The Hall–Kier alpha value is -1.04. The monoisotopic (exact) mass is 166 g/mol. The van der Waals surface area contributed by atoms with Crippen molar-refractivity contribution in [1.29, 1.82) is 0 Å². The Morgan fingerprint density at radius 2 is 2.45 bits per heavy atom. The molecule has 0 fully saturated rings. The number of hydrogen-bond donors (Lipinski definition) is 1. The highest BCUT2D eigenvalue weighted by Gasteiger charge is 1.88. The van der Waals surface area contributed by atoms with Crippen LogP contribution in [0.25, 0.3) is 0 Å². The Morgan fingerprint density at radius 1 is 1.64 bits per heavy atom. The van der Waals surface area contributed by atoms with E-state index in [9.17, 15) is 0 Å². The van der Waals surface area contributed by atoms with E-state index in [1.807, 2.05) is 0 Å². The van der Waals surface area contributed by atoms with Crippen molar-refractivity contribution in [3.8, 4) is 11.8 Å². The first kappa shape index (κ1) is 8.06. The quantitative estimate of drug-likeness (QED) is 0.462. The van der Waals surface area contributed by atoms with Crippen LogP contribution in [-0.2, 0) is 0 Å². The Balaban J connectivity index is 2.87. The van der Waals surface area contributed by atoms with E-state index in [0.29, 0.717) is 11.7 Å². The number of nitrogens with zero attached hydrogens (tertiary/aromatic N) is 1. The predicted molar refractivity (Wildman–Crippen MR) is 45.2 cm³/mol. The largest absolute Gasteiger partial charge is 0.320 e. The third kappa shape index (κ3) is 2.58. The summed E-state index contributed by atoms with van der Waals surface area (Å²) in [7, 11) is 0. The molecular formula is C8H7ClN2. The number of rotatable bonds is 0. The molecule has 0 spiro atoms. The Kier molecular flexibility index (Phi) is 2.91. The molecule has 2 N–H and O–H groups in total. The zero-order chi connectivity index (χ0) is 8.10. The molecule has 0 bridgehead atoms. The first-order valence-electron chi connectivity index (χ1n) is 3.13. The molecule has 0 saturated carbocycles. The molecule has 1 rings (SSSR count). The topological polar surface area (TPSA) is 38.9 Å². The second-order valence-corrected chi connectivity index (χ2v) is 2.26. The van der Waals surface area contributed by atoms with E-state index < -0.39 is 0 Å². The van der Waals surface area contributed by atoms with Gasteiger partial charge in [0.2, 0.25) is 0 Å². The maximum atomic E-state index is 5.61. The van der Waals surface area contributed by atoms with Crippen LogP contribution in [0.15, 0.2) is 18.3 Å². The fraction of sp³-hybridized carbons (Fsp3) is 0.125. The highest BCUT2D eigenvalue weighted by molar-refractivity contribution is 6.29. The van der Waals surface area contributed by atoms with Crippen molar-refractivity contribution >= 4 is 11.6 Å². The summed E-state index contributed by atoms with van der Waals surface area (Å²) in [4.78, 5) is 3.81. The molecule has 1 aromatic rings. The number of pyridine rings is 1. The molecule has 0 unspecified atom stereocenters. The first-order chi connectivity index (χ1) is 5.33. The van der Waals surface area contributed by atoms with Crippen LogP contribution < -0.4 is 5.73 Å². The molecule has 0 aliphatic heterocycles. The van der Waals surface area contributed by atoms with Gasteiger partial charge >= 0.3 is 0 Å². The SMILES string of the molecule is NCC#Cc1ccnc(Cl)c1. The normalized spacial score (nSPS) is 8.55. The molecule has 0 atom stereocenters. The molecule has 0 amide bonds. The van der Waals surface area contributed by atoms with E-state index in [4.69, 9.17) is 17.3 Å². The molecule has 3 heteroatoms. The Morgan fingerprint density at radius 3 is 3.09 bits per heavy atom. The van der Waals surface area contributed by atoms with Crippen LogP contribution in [0.5, 0.6) is 0 Å². The summed E-state index contributed by atoms with van der Waals surface area (Å²) in [5, 5.41) is 0.453. The third-order valence-electron chi connectivity index (χ3n) is 1.06. The summed E-state index contributed by atoms with van der Waals surface area (Å²) in [6, 6.07) is 3.48. The van der Waals surface area contributed by atoms with Gasteiger partial charge in [-0.05, 0) is 12.1 Å². The van der Waals surface area contributed by atoms with Crippen LogP contribution in [-0.4, -0.2) is 11.5 Å². The maximum absolute atomic E-state index is 5.61. The van der Waals surface area contributed by atoms with Crippen LogP contribution in [0.1, 0.15) is 5.56 Å². The van der Waals surface area contributed by atoms with Crippen LogP contribution in [0.2, 0.25) is 5.15 Å². The van der Waals surface area contributed by atoms with Crippen molar-refractivity contribution in [2.45, 2.75) is 0 Å². The smallest absolute Gasteiger partial charge is 0.130 e. The maximum Gasteiger partial charge on any atom is 0.130 e. The lowest BCUT2D eigenvalue weighted by atomic mass is 10.3. The predicted octanol–water partition coefficient (Wildman–Crippen LogP) is 1.05. The van der Waals surface area contributed by atoms with E-state index >= 15 is 0 Å². The molecule has 56 valence electrons. The number of hydrogen-bond acceptors (Lipinski definition) is 2. The second kappa shape index (κ2) is 3.97. The van der Waals surface area contributed by atoms with Crippen LogP contribution in [0.3, 0.4) is 0 Å². The van der Waals surface area contributed by atoms with Gasteiger partial charge in [0.1, 0.15) is 5.15 Å². The minimum atomic E-state index is 0.361. The lowest BCUT2D eigenvalue weighted by molar-refractivity contribution is 1.29. The van der Waals surface area contributed by atoms with Gasteiger partial charge in [-0.2, -0.15) is 0 Å². The van der Waals surface area contributed by atoms with Gasteiger partial charge in [-0.3, -0.25) is 0 Å². The van der Waals surface area contributed by atoms with Gasteiger partial charge < -0.3 is 5.73 Å². The summed E-state index contributed by atoms with van der Waals surface area (Å²) in [6.07, 6.45) is 1.61. The summed E-state index contributed by atoms with van der Waals surface area (Å²) in [5.74, 6) is 5.57. The molecule has 0 saturated heterocycles. The van der Waals surface area contributed by atoms with E-state index in [1.54, 1.807) is 18.3 Å². The molecule has 0 aliphatic carbocycles. The molecular weight excluding hydrogens is 160 g/mol. The Bertz CT molecular complexity index is 298. The average Bonchev–Trinajstić information content (AvgIpc) is 2.01. The van der Waals surface area contributed by atoms with Gasteiger partial charge in [-0.15, -0.1) is 0 Å². The van der Waals surface area contributed by atoms with Crippen LogP contribution in [0, 0.1) is 11.8 Å². The summed E-state index contributed by atoms with van der Waals surface area (Å²) >= 11 is 5.61. The van der Waals surface area contributed by atoms with Crippen molar-refractivity contribution in [1.82, 2.24) is 4.98 Å². The zero-order valence-corrected chi connectivity index (χ0v) is 6.60. The lowest BCUT2D eigenvalue weighted by Crippen LogP contribution is -1.93. The van der Waals surface area contributed by atoms with Gasteiger partial charge in [0, 0.05) is 11.8 Å². The lowest BCUT2D eigenvalue weighted by Gasteiger charge is -1.88. The van der Waals surface area contributed by atoms with Gasteiger partial charge in [-0.25, -0.2) is 4.98 Å². The average molecular weight is 167 g/mol. The fourth-order valence-corrected chi connectivity index (χ4v) is 0.807. The highest BCUT2D eigenvalue weighted by Crippen LogP contribution is 2.04. The van der Waals surface area contributed by atoms with E-state index in [2.05, 4.69) is 16.8 Å². The van der Waals surface area contributed by atoms with E-state index in [-0.39, 0.29) is 0 Å². The minimum absolute atomic E-state index is 0.361. The van der Waals surface area contributed by atoms with Gasteiger partial charge in [0.05, 0.1) is 6.54 Å². The van der Waals surface area contributed by atoms with Crippen molar-refractivity contribution in [2.24, 2.45) is 5.73 Å². The van der Waals surface area contributed by atoms with Gasteiger partial charge in [0.15, 0.2) is 0 Å². The molecule has 0 radical (unpaired) electrons. The van der Waals surface area contributed by atoms with Crippen molar-refractivity contribution in [3.05, 3.63) is 29.0 Å². The van der Waals surface area contributed by atoms with Crippen molar-refractivity contribution in [3.63, 3.8) is 0 Å². The third-order valence-corrected chi connectivity index (χ3v) is 1.27. The first-order valence-corrected chi connectivity index (χ1v) is 3.51. The molecule has 2 nitrogen and oxygen atoms in total. The molecule has 11 heavy (non-hydrogen) atoms. The highest BCUT2D eigenvalue weighted by atomic mass is 35.5. The fourth-order valence-electron chi connectivity index (χ4n) is 0.633. The van der Waals surface area contributed by atoms with Crippen LogP contribution in [0.4, 0.5) is 0 Å². The standard InChI is InChI=1S/C8H7ClN2/c9-8-6-7(2-1-4-10)3-5-11-8/h3,5-6H,4,10H2. The molecule has 0 aromatic carbocycles. The molecule has 0 aliphatic rings. The second-order valence-electron chi connectivity index (χ2n) is 1.87. The summed E-state index contributed by atoms with van der Waals surface area (Å²) in [5.41, 5.74) is 6.04. The van der Waals surface area contributed by atoms with E-state index in [1.165, 1.54) is 0 Å². The minimum Gasteiger partial charge on any atom is -0.320 e.